The van der Waals surface area contributed by atoms with Crippen LogP contribution in [0.15, 0.2) is 53.4 Å². The van der Waals surface area contributed by atoms with E-state index in [4.69, 9.17) is 0 Å². The van der Waals surface area contributed by atoms with Crippen molar-refractivity contribution in [2.75, 3.05) is 0 Å². The zero-order valence-electron chi connectivity index (χ0n) is 9.05. The van der Waals surface area contributed by atoms with E-state index in [1.54, 1.807) is 18.2 Å². The van der Waals surface area contributed by atoms with Crippen LogP contribution in [-0.4, -0.2) is 9.99 Å². The number of carbonyl (C=O) groups is 1. The standard InChI is InChI=1S/C14H10O2S/c15-14-11-6-2-1-5-10(11)9-17(16)13-8-4-3-7-12(13)14/h1-8H,9H2. The molecule has 3 heteroatoms. The molecule has 0 radical (unpaired) electrons. The van der Waals surface area contributed by atoms with Crippen molar-refractivity contribution >= 4 is 16.6 Å². The molecule has 1 aliphatic rings. The zero-order chi connectivity index (χ0) is 11.8. The molecule has 1 unspecified atom stereocenters. The first kappa shape index (κ1) is 10.4. The van der Waals surface area contributed by atoms with Gasteiger partial charge in [-0.1, -0.05) is 36.4 Å². The molecule has 2 nitrogen and oxygen atoms in total. The molecular weight excluding hydrogens is 232 g/mol. The van der Waals surface area contributed by atoms with Gasteiger partial charge in [0, 0.05) is 11.1 Å². The summed E-state index contributed by atoms with van der Waals surface area (Å²) < 4.78 is 12.2. The van der Waals surface area contributed by atoms with Crippen LogP contribution in [0.3, 0.4) is 0 Å². The summed E-state index contributed by atoms with van der Waals surface area (Å²) >= 11 is 0. The van der Waals surface area contributed by atoms with Gasteiger partial charge >= 0.3 is 0 Å². The quantitative estimate of drug-likeness (QED) is 0.711. The summed E-state index contributed by atoms with van der Waals surface area (Å²) in [4.78, 5) is 13.0. The summed E-state index contributed by atoms with van der Waals surface area (Å²) in [7, 11) is -1.14. The van der Waals surface area contributed by atoms with Crippen LogP contribution in [0, 0.1) is 0 Å². The highest BCUT2D eigenvalue weighted by atomic mass is 32.2. The maximum Gasteiger partial charge on any atom is 0.194 e. The van der Waals surface area contributed by atoms with Gasteiger partial charge in [-0.05, 0) is 17.7 Å². The molecule has 84 valence electrons. The fraction of sp³-hybridized carbons (Fsp3) is 0.0714. The van der Waals surface area contributed by atoms with Crippen LogP contribution in [0.25, 0.3) is 0 Å². The number of rotatable bonds is 0. The van der Waals surface area contributed by atoms with Crippen molar-refractivity contribution in [2.24, 2.45) is 0 Å². The molecule has 0 saturated carbocycles. The summed E-state index contributed by atoms with van der Waals surface area (Å²) in [5.41, 5.74) is 2.11. The molecular formula is C14H10O2S. The Balaban J connectivity index is 2.30. The number of benzene rings is 2. The van der Waals surface area contributed by atoms with Crippen molar-refractivity contribution in [3.8, 4) is 0 Å². The number of fused-ring (bicyclic) bond motifs is 2. The Morgan fingerprint density at radius 1 is 0.882 bits per heavy atom. The molecule has 1 heterocycles. The minimum Gasteiger partial charge on any atom is -0.289 e. The highest BCUT2D eigenvalue weighted by molar-refractivity contribution is 7.84. The maximum absolute atomic E-state index is 12.3. The minimum absolute atomic E-state index is 0.0259. The molecule has 2 aromatic carbocycles. The van der Waals surface area contributed by atoms with E-state index in [2.05, 4.69) is 0 Å². The second-order valence-electron chi connectivity index (χ2n) is 3.97. The summed E-state index contributed by atoms with van der Waals surface area (Å²) in [6.07, 6.45) is 0. The third kappa shape index (κ3) is 1.63. The van der Waals surface area contributed by atoms with E-state index in [-0.39, 0.29) is 5.78 Å². The van der Waals surface area contributed by atoms with Crippen molar-refractivity contribution in [1.29, 1.82) is 0 Å². The lowest BCUT2D eigenvalue weighted by atomic mass is 9.99. The van der Waals surface area contributed by atoms with Crippen LogP contribution in [-0.2, 0) is 16.6 Å². The highest BCUT2D eigenvalue weighted by Crippen LogP contribution is 2.26. The smallest absolute Gasteiger partial charge is 0.194 e. The second kappa shape index (κ2) is 3.93. The molecule has 0 saturated heterocycles. The van der Waals surface area contributed by atoms with Crippen LogP contribution >= 0.6 is 0 Å². The summed E-state index contributed by atoms with van der Waals surface area (Å²) in [5, 5.41) is 0. The summed E-state index contributed by atoms with van der Waals surface area (Å²) in [6.45, 7) is 0. The number of carbonyl (C=O) groups excluding carboxylic acids is 1. The van der Waals surface area contributed by atoms with Crippen molar-refractivity contribution in [3.63, 3.8) is 0 Å². The van der Waals surface area contributed by atoms with E-state index in [1.165, 1.54) is 0 Å². The Morgan fingerprint density at radius 3 is 2.35 bits per heavy atom. The Kier molecular flexibility index (Phi) is 2.41. The molecule has 0 spiro atoms. The van der Waals surface area contributed by atoms with Gasteiger partial charge in [-0.25, -0.2) is 0 Å². The first-order valence-electron chi connectivity index (χ1n) is 5.37. The van der Waals surface area contributed by atoms with Gasteiger partial charge in [0.15, 0.2) is 5.78 Å². The first-order valence-corrected chi connectivity index (χ1v) is 6.69. The van der Waals surface area contributed by atoms with E-state index in [0.29, 0.717) is 21.8 Å². The second-order valence-corrected chi connectivity index (χ2v) is 5.39. The van der Waals surface area contributed by atoms with Gasteiger partial charge in [0.1, 0.15) is 0 Å². The Hall–Kier alpha value is -1.74. The number of hydrogen-bond acceptors (Lipinski definition) is 2. The molecule has 0 aliphatic carbocycles. The SMILES string of the molecule is O=C1c2ccccc2CS(=O)c2ccccc21. The third-order valence-corrected chi connectivity index (χ3v) is 4.35. The van der Waals surface area contributed by atoms with E-state index in [0.717, 1.165) is 5.56 Å². The summed E-state index contributed by atoms with van der Waals surface area (Å²) in [6, 6.07) is 14.5. The van der Waals surface area contributed by atoms with Gasteiger partial charge in [0.2, 0.25) is 0 Å². The normalized spacial score (nSPS) is 18.1. The van der Waals surface area contributed by atoms with Crippen LogP contribution in [0.1, 0.15) is 21.5 Å². The Morgan fingerprint density at radius 2 is 1.53 bits per heavy atom. The van der Waals surface area contributed by atoms with Crippen molar-refractivity contribution in [3.05, 3.63) is 65.2 Å². The molecule has 1 aliphatic heterocycles. The summed E-state index contributed by atoms with van der Waals surface area (Å²) in [5.74, 6) is 0.390. The largest absolute Gasteiger partial charge is 0.289 e. The monoisotopic (exact) mass is 242 g/mol. The van der Waals surface area contributed by atoms with Gasteiger partial charge in [-0.3, -0.25) is 9.00 Å². The van der Waals surface area contributed by atoms with Crippen molar-refractivity contribution in [2.45, 2.75) is 10.6 Å². The first-order chi connectivity index (χ1) is 8.27. The Labute approximate surface area is 102 Å². The predicted molar refractivity (Wildman–Crippen MR) is 66.4 cm³/mol. The Bertz CT molecular complexity index is 632. The van der Waals surface area contributed by atoms with E-state index in [1.807, 2.05) is 30.3 Å². The van der Waals surface area contributed by atoms with Gasteiger partial charge < -0.3 is 0 Å². The van der Waals surface area contributed by atoms with E-state index < -0.39 is 10.8 Å². The van der Waals surface area contributed by atoms with Gasteiger partial charge in [-0.15, -0.1) is 0 Å². The predicted octanol–water partition coefficient (Wildman–Crippen LogP) is 2.54. The fourth-order valence-corrected chi connectivity index (χ4v) is 3.41. The third-order valence-electron chi connectivity index (χ3n) is 2.93. The lowest BCUT2D eigenvalue weighted by molar-refractivity contribution is 0.103. The van der Waals surface area contributed by atoms with Crippen molar-refractivity contribution < 1.29 is 9.00 Å². The number of hydrogen-bond donors (Lipinski definition) is 0. The number of ketones is 1. The average Bonchev–Trinajstić information content (AvgIpc) is 2.48. The molecule has 3 rings (SSSR count). The lowest BCUT2D eigenvalue weighted by Crippen LogP contribution is -2.03. The van der Waals surface area contributed by atoms with Crippen LogP contribution in [0.5, 0.6) is 0 Å². The molecule has 0 fully saturated rings. The highest BCUT2D eigenvalue weighted by Gasteiger charge is 2.24. The molecule has 0 amide bonds. The average molecular weight is 242 g/mol. The maximum atomic E-state index is 12.3. The van der Waals surface area contributed by atoms with Crippen LogP contribution in [0.2, 0.25) is 0 Å². The molecule has 1 atom stereocenters. The molecule has 2 aromatic rings. The van der Waals surface area contributed by atoms with Gasteiger partial charge in [0.25, 0.3) is 0 Å². The van der Waals surface area contributed by atoms with Crippen molar-refractivity contribution in [1.82, 2.24) is 0 Å². The molecule has 0 aromatic heterocycles. The van der Waals surface area contributed by atoms with Crippen LogP contribution in [0.4, 0.5) is 0 Å². The molecule has 17 heavy (non-hydrogen) atoms. The van der Waals surface area contributed by atoms with Gasteiger partial charge in [-0.2, -0.15) is 0 Å². The molecule has 0 bridgehead atoms. The van der Waals surface area contributed by atoms with E-state index in [9.17, 15) is 9.00 Å². The van der Waals surface area contributed by atoms with E-state index >= 15 is 0 Å². The molecule has 0 N–H and O–H groups in total. The van der Waals surface area contributed by atoms with Gasteiger partial charge in [0.05, 0.1) is 21.4 Å². The minimum atomic E-state index is -1.14. The van der Waals surface area contributed by atoms with Crippen LogP contribution < -0.4 is 0 Å². The fourth-order valence-electron chi connectivity index (χ4n) is 2.08. The topological polar surface area (TPSA) is 34.1 Å². The zero-order valence-corrected chi connectivity index (χ0v) is 9.87. The lowest BCUT2D eigenvalue weighted by Gasteiger charge is -2.02.